The zero-order valence-electron chi connectivity index (χ0n) is 14.7. The van der Waals surface area contributed by atoms with Crippen LogP contribution >= 0.6 is 35.1 Å². The fourth-order valence-corrected chi connectivity index (χ4v) is 4.44. The summed E-state index contributed by atoms with van der Waals surface area (Å²) in [6.07, 6.45) is 0. The molecule has 0 atom stereocenters. The third-order valence-electron chi connectivity index (χ3n) is 3.97. The van der Waals surface area contributed by atoms with Gasteiger partial charge in [0, 0.05) is 22.2 Å². The first kappa shape index (κ1) is 19.2. The van der Waals surface area contributed by atoms with Crippen LogP contribution in [0.1, 0.15) is 5.89 Å². The molecule has 0 spiro atoms. The highest BCUT2D eigenvalue weighted by Crippen LogP contribution is 2.34. The molecule has 3 aromatic rings. The lowest BCUT2D eigenvalue weighted by molar-refractivity contribution is -0.116. The van der Waals surface area contributed by atoms with Gasteiger partial charge >= 0.3 is 0 Å². The van der Waals surface area contributed by atoms with Crippen LogP contribution in [0.25, 0.3) is 0 Å². The lowest BCUT2D eigenvalue weighted by atomic mass is 10.3. The van der Waals surface area contributed by atoms with Crippen molar-refractivity contribution >= 4 is 46.7 Å². The molecule has 0 N–H and O–H groups in total. The Hall–Kier alpha value is -2.16. The lowest BCUT2D eigenvalue weighted by Crippen LogP contribution is -2.36. The number of halogens is 1. The van der Waals surface area contributed by atoms with Crippen LogP contribution in [0.3, 0.4) is 0 Å². The van der Waals surface area contributed by atoms with E-state index in [1.165, 1.54) is 11.8 Å². The molecule has 1 aliphatic rings. The number of benzene rings is 2. The second-order valence-electron chi connectivity index (χ2n) is 5.85. The average Bonchev–Trinajstić information content (AvgIpc) is 3.19. The summed E-state index contributed by atoms with van der Waals surface area (Å²) in [5.74, 6) is 2.16. The van der Waals surface area contributed by atoms with E-state index in [9.17, 15) is 4.79 Å². The molecule has 2 aromatic carbocycles. The van der Waals surface area contributed by atoms with Gasteiger partial charge in [0.05, 0.1) is 11.4 Å². The molecule has 6 nitrogen and oxygen atoms in total. The molecular weight excluding hydrogens is 418 g/mol. The van der Waals surface area contributed by atoms with Gasteiger partial charge in [-0.1, -0.05) is 35.5 Å². The molecule has 0 unspecified atom stereocenters. The van der Waals surface area contributed by atoms with Gasteiger partial charge in [0.15, 0.2) is 6.61 Å². The molecule has 4 rings (SSSR count). The van der Waals surface area contributed by atoms with Gasteiger partial charge in [-0.05, 0) is 36.4 Å². The van der Waals surface area contributed by atoms with Gasteiger partial charge in [0.1, 0.15) is 5.75 Å². The third-order valence-corrected chi connectivity index (χ3v) is 6.07. The smallest absolute Gasteiger partial charge is 0.277 e. The van der Waals surface area contributed by atoms with E-state index in [-0.39, 0.29) is 18.3 Å². The van der Waals surface area contributed by atoms with E-state index >= 15 is 0 Å². The van der Waals surface area contributed by atoms with Crippen LogP contribution in [0.15, 0.2) is 63.1 Å². The summed E-state index contributed by atoms with van der Waals surface area (Å²) in [6.45, 7) is 0.852. The van der Waals surface area contributed by atoms with Crippen LogP contribution in [0.4, 0.5) is 5.69 Å². The largest absolute Gasteiger partial charge is 0.484 e. The molecule has 0 saturated heterocycles. The van der Waals surface area contributed by atoms with Crippen molar-refractivity contribution < 1.29 is 13.9 Å². The molecule has 2 heterocycles. The topological polar surface area (TPSA) is 68.5 Å². The highest BCUT2D eigenvalue weighted by Gasteiger charge is 2.23. The van der Waals surface area contributed by atoms with Crippen molar-refractivity contribution in [3.05, 3.63) is 59.4 Å². The third kappa shape index (κ3) is 4.63. The van der Waals surface area contributed by atoms with Gasteiger partial charge in [-0.3, -0.25) is 4.79 Å². The van der Waals surface area contributed by atoms with E-state index in [1.54, 1.807) is 36.0 Å². The number of hydrogen-bond donors (Lipinski definition) is 0. The molecular formula is C19H16ClN3O3S2. The average molecular weight is 434 g/mol. The summed E-state index contributed by atoms with van der Waals surface area (Å²) in [5, 5.41) is 8.92. The quantitative estimate of drug-likeness (QED) is 0.529. The number of thioether (sulfide) groups is 2. The van der Waals surface area contributed by atoms with Gasteiger partial charge in [-0.25, -0.2) is 0 Å². The number of rotatable bonds is 6. The molecule has 0 aliphatic carbocycles. The number of aromatic nitrogens is 2. The van der Waals surface area contributed by atoms with Crippen LogP contribution in [0.2, 0.25) is 5.02 Å². The Morgan fingerprint density at radius 1 is 1.21 bits per heavy atom. The van der Waals surface area contributed by atoms with Crippen molar-refractivity contribution in [2.75, 3.05) is 23.0 Å². The fraction of sp³-hybridized carbons (Fsp3) is 0.211. The van der Waals surface area contributed by atoms with E-state index in [0.29, 0.717) is 28.4 Å². The van der Waals surface area contributed by atoms with Crippen LogP contribution in [0.5, 0.6) is 5.75 Å². The van der Waals surface area contributed by atoms with E-state index in [1.807, 2.05) is 29.2 Å². The molecule has 1 amide bonds. The second-order valence-corrected chi connectivity index (χ2v) is 8.35. The monoisotopic (exact) mass is 433 g/mol. The van der Waals surface area contributed by atoms with Crippen LogP contribution in [-0.4, -0.2) is 34.2 Å². The van der Waals surface area contributed by atoms with Crippen LogP contribution < -0.4 is 9.64 Å². The summed E-state index contributed by atoms with van der Waals surface area (Å²) >= 11 is 8.84. The van der Waals surface area contributed by atoms with E-state index in [2.05, 4.69) is 10.2 Å². The number of para-hydroxylation sites is 1. The summed E-state index contributed by atoms with van der Waals surface area (Å²) in [7, 11) is 0. The first-order valence-electron chi connectivity index (χ1n) is 8.55. The van der Waals surface area contributed by atoms with Crippen molar-refractivity contribution in [2.24, 2.45) is 0 Å². The first-order chi connectivity index (χ1) is 13.7. The Balaban J connectivity index is 1.31. The minimum Gasteiger partial charge on any atom is -0.484 e. The summed E-state index contributed by atoms with van der Waals surface area (Å²) < 4.78 is 11.1. The predicted octanol–water partition coefficient (Wildman–Crippen LogP) is 4.53. The van der Waals surface area contributed by atoms with Crippen molar-refractivity contribution in [3.8, 4) is 5.75 Å². The maximum atomic E-state index is 12.6. The minimum atomic E-state index is 0.0231. The van der Waals surface area contributed by atoms with Gasteiger partial charge in [-0.2, -0.15) is 0 Å². The van der Waals surface area contributed by atoms with Gasteiger partial charge in [-0.15, -0.1) is 22.0 Å². The van der Waals surface area contributed by atoms with E-state index < -0.39 is 0 Å². The molecule has 144 valence electrons. The highest BCUT2D eigenvalue weighted by molar-refractivity contribution is 8.00. The fourth-order valence-electron chi connectivity index (χ4n) is 2.66. The zero-order valence-corrected chi connectivity index (χ0v) is 17.1. The van der Waals surface area contributed by atoms with Crippen molar-refractivity contribution in [1.29, 1.82) is 0 Å². The normalized spacial score (nSPS) is 13.2. The molecule has 1 aromatic heterocycles. The molecule has 0 saturated carbocycles. The van der Waals surface area contributed by atoms with Crippen molar-refractivity contribution in [2.45, 2.75) is 16.7 Å². The number of anilines is 1. The Labute approximate surface area is 175 Å². The highest BCUT2D eigenvalue weighted by atomic mass is 35.5. The zero-order chi connectivity index (χ0) is 19.3. The maximum absolute atomic E-state index is 12.6. The number of amides is 1. The van der Waals surface area contributed by atoms with Gasteiger partial charge in [0.25, 0.3) is 11.1 Å². The number of hydrogen-bond acceptors (Lipinski definition) is 7. The lowest BCUT2D eigenvalue weighted by Gasteiger charge is -2.28. The number of fused-ring (bicyclic) bond motifs is 1. The Morgan fingerprint density at radius 3 is 2.89 bits per heavy atom. The Morgan fingerprint density at radius 2 is 2.04 bits per heavy atom. The van der Waals surface area contributed by atoms with Crippen molar-refractivity contribution in [3.63, 3.8) is 0 Å². The van der Waals surface area contributed by atoms with Crippen molar-refractivity contribution in [1.82, 2.24) is 10.2 Å². The van der Waals surface area contributed by atoms with E-state index in [4.69, 9.17) is 20.8 Å². The van der Waals surface area contributed by atoms with Crippen LogP contribution in [0, 0.1) is 0 Å². The van der Waals surface area contributed by atoms with Crippen LogP contribution in [-0.2, 0) is 11.4 Å². The molecule has 0 fully saturated rings. The first-order valence-corrected chi connectivity index (χ1v) is 10.9. The molecule has 9 heteroatoms. The Bertz CT molecular complexity index is 965. The standard InChI is InChI=1S/C19H16ClN3O3S2/c20-13-5-7-14(8-6-13)25-11-17-21-22-19(26-17)28-12-18(24)23-9-10-27-16-4-2-1-3-15(16)23/h1-8H,9-12H2. The summed E-state index contributed by atoms with van der Waals surface area (Å²) in [4.78, 5) is 15.6. The number of carbonyl (C=O) groups is 1. The van der Waals surface area contributed by atoms with Gasteiger partial charge in [0.2, 0.25) is 5.91 Å². The maximum Gasteiger partial charge on any atom is 0.277 e. The molecule has 0 radical (unpaired) electrons. The Kier molecular flexibility index (Phi) is 6.09. The molecule has 28 heavy (non-hydrogen) atoms. The van der Waals surface area contributed by atoms with E-state index in [0.717, 1.165) is 16.3 Å². The number of carbonyl (C=O) groups excluding carboxylic acids is 1. The SMILES string of the molecule is O=C(CSc1nnc(COc2ccc(Cl)cc2)o1)N1CCSc2ccccc21. The minimum absolute atomic E-state index is 0.0231. The predicted molar refractivity (Wildman–Crippen MR) is 110 cm³/mol. The summed E-state index contributed by atoms with van der Waals surface area (Å²) in [5.41, 5.74) is 0.965. The molecule has 1 aliphatic heterocycles. The van der Waals surface area contributed by atoms with Gasteiger partial charge < -0.3 is 14.1 Å². The second kappa shape index (κ2) is 8.89. The molecule has 0 bridgehead atoms. The number of ether oxygens (including phenoxy) is 1. The number of nitrogens with zero attached hydrogens (tertiary/aromatic N) is 3. The summed E-state index contributed by atoms with van der Waals surface area (Å²) in [6, 6.07) is 15.0.